The number of aromatic nitrogens is 3. The van der Waals surface area contributed by atoms with Crippen LogP contribution in [0.5, 0.6) is 0 Å². The summed E-state index contributed by atoms with van der Waals surface area (Å²) in [4.78, 5) is 4.55. The first-order valence-electron chi connectivity index (χ1n) is 7.00. The van der Waals surface area contributed by atoms with Crippen LogP contribution in [0.1, 0.15) is 18.2 Å². The van der Waals surface area contributed by atoms with Crippen LogP contribution in [-0.2, 0) is 6.42 Å². The van der Waals surface area contributed by atoms with Gasteiger partial charge >= 0.3 is 0 Å². The molecule has 3 rings (SSSR count). The van der Waals surface area contributed by atoms with E-state index < -0.39 is 0 Å². The molecule has 21 heavy (non-hydrogen) atoms. The smallest absolute Gasteiger partial charge is 0.182 e. The highest BCUT2D eigenvalue weighted by atomic mass is 32.1. The number of nitrogens with zero attached hydrogens (tertiary/aromatic N) is 3. The maximum Gasteiger partial charge on any atom is 0.182 e. The largest absolute Gasteiger partial charge is 0.365 e. The summed E-state index contributed by atoms with van der Waals surface area (Å²) in [7, 11) is 1.88. The second-order valence-corrected chi connectivity index (χ2v) is 5.72. The number of nitrogens with one attached hydrogen (secondary N) is 1. The third kappa shape index (κ3) is 2.56. The summed E-state index contributed by atoms with van der Waals surface area (Å²) in [5.74, 6) is 0. The summed E-state index contributed by atoms with van der Waals surface area (Å²) < 4.78 is 1.97. The summed E-state index contributed by atoms with van der Waals surface area (Å²) in [6.45, 7) is 4.24. The van der Waals surface area contributed by atoms with Gasteiger partial charge in [-0.3, -0.25) is 0 Å². The highest BCUT2D eigenvalue weighted by Gasteiger charge is 2.12. The Morgan fingerprint density at radius 3 is 2.62 bits per heavy atom. The minimum atomic E-state index is 0.921. The van der Waals surface area contributed by atoms with E-state index in [0.29, 0.717) is 0 Å². The lowest BCUT2D eigenvalue weighted by Gasteiger charge is -2.06. The van der Waals surface area contributed by atoms with Gasteiger partial charge in [-0.05, 0) is 31.0 Å². The van der Waals surface area contributed by atoms with Gasteiger partial charge in [0.25, 0.3) is 0 Å². The van der Waals surface area contributed by atoms with Gasteiger partial charge in [0.2, 0.25) is 0 Å². The molecule has 0 atom stereocenters. The average molecular weight is 298 g/mol. The standard InChI is InChI=1S/C16H18N4S/c1-4-12-5-7-13(8-6-12)20-11(2)14(9-18-20)15-10-21-16(17-3)19-15/h5-10H,4H2,1-3H3,(H,17,19). The Hall–Kier alpha value is -2.14. The monoisotopic (exact) mass is 298 g/mol. The van der Waals surface area contributed by atoms with Crippen molar-refractivity contribution in [2.24, 2.45) is 0 Å². The van der Waals surface area contributed by atoms with E-state index in [-0.39, 0.29) is 0 Å². The lowest BCUT2D eigenvalue weighted by atomic mass is 10.1. The summed E-state index contributed by atoms with van der Waals surface area (Å²) in [5, 5.41) is 10.6. The predicted octanol–water partition coefficient (Wildman–Crippen LogP) is 3.91. The van der Waals surface area contributed by atoms with Crippen molar-refractivity contribution >= 4 is 16.5 Å². The van der Waals surface area contributed by atoms with Crippen molar-refractivity contribution in [1.82, 2.24) is 14.8 Å². The number of aryl methyl sites for hydroxylation is 1. The van der Waals surface area contributed by atoms with Crippen LogP contribution in [0, 0.1) is 6.92 Å². The van der Waals surface area contributed by atoms with Crippen molar-refractivity contribution in [2.75, 3.05) is 12.4 Å². The van der Waals surface area contributed by atoms with E-state index in [9.17, 15) is 0 Å². The second kappa shape index (κ2) is 5.69. The molecule has 2 aromatic heterocycles. The SMILES string of the molecule is CCc1ccc(-n2ncc(-c3csc(NC)n3)c2C)cc1. The van der Waals surface area contributed by atoms with Gasteiger partial charge in [-0.2, -0.15) is 5.10 Å². The zero-order valence-electron chi connectivity index (χ0n) is 12.4. The fourth-order valence-corrected chi connectivity index (χ4v) is 2.98. The van der Waals surface area contributed by atoms with Gasteiger partial charge in [0, 0.05) is 18.0 Å². The average Bonchev–Trinajstić information content (AvgIpc) is 3.13. The molecule has 2 heterocycles. The fourth-order valence-electron chi connectivity index (χ4n) is 2.31. The molecule has 0 aliphatic rings. The Morgan fingerprint density at radius 1 is 1.24 bits per heavy atom. The van der Waals surface area contributed by atoms with Crippen LogP contribution in [-0.4, -0.2) is 21.8 Å². The van der Waals surface area contributed by atoms with Crippen molar-refractivity contribution in [1.29, 1.82) is 0 Å². The molecular weight excluding hydrogens is 280 g/mol. The molecule has 5 heteroatoms. The van der Waals surface area contributed by atoms with Gasteiger partial charge in [-0.25, -0.2) is 9.67 Å². The van der Waals surface area contributed by atoms with Crippen molar-refractivity contribution in [3.05, 3.63) is 47.1 Å². The van der Waals surface area contributed by atoms with E-state index in [1.165, 1.54) is 5.56 Å². The van der Waals surface area contributed by atoms with E-state index in [0.717, 1.165) is 34.2 Å². The van der Waals surface area contributed by atoms with Crippen LogP contribution in [0.2, 0.25) is 0 Å². The summed E-state index contributed by atoms with van der Waals surface area (Å²) in [5.41, 5.74) is 5.57. The first kappa shape index (κ1) is 13.8. The first-order chi connectivity index (χ1) is 10.2. The van der Waals surface area contributed by atoms with Crippen LogP contribution in [0.15, 0.2) is 35.8 Å². The molecule has 0 aliphatic heterocycles. The maximum atomic E-state index is 4.55. The molecule has 0 saturated carbocycles. The fraction of sp³-hybridized carbons (Fsp3) is 0.250. The maximum absolute atomic E-state index is 4.55. The van der Waals surface area contributed by atoms with Crippen molar-refractivity contribution in [3.8, 4) is 16.9 Å². The Labute approximate surface area is 128 Å². The highest BCUT2D eigenvalue weighted by Crippen LogP contribution is 2.28. The lowest BCUT2D eigenvalue weighted by Crippen LogP contribution is -1.99. The normalized spacial score (nSPS) is 10.8. The molecular formula is C16H18N4S. The summed E-state index contributed by atoms with van der Waals surface area (Å²) >= 11 is 1.60. The van der Waals surface area contributed by atoms with Crippen LogP contribution >= 0.6 is 11.3 Å². The number of hydrogen-bond acceptors (Lipinski definition) is 4. The van der Waals surface area contributed by atoms with Gasteiger partial charge < -0.3 is 5.32 Å². The molecule has 0 unspecified atom stereocenters. The van der Waals surface area contributed by atoms with Gasteiger partial charge in [-0.15, -0.1) is 11.3 Å². The number of benzene rings is 1. The van der Waals surface area contributed by atoms with Crippen molar-refractivity contribution in [3.63, 3.8) is 0 Å². The summed E-state index contributed by atoms with van der Waals surface area (Å²) in [6.07, 6.45) is 2.94. The lowest BCUT2D eigenvalue weighted by molar-refractivity contribution is 0.846. The quantitative estimate of drug-likeness (QED) is 0.794. The van der Waals surface area contributed by atoms with Crippen LogP contribution in [0.25, 0.3) is 16.9 Å². The van der Waals surface area contributed by atoms with E-state index in [4.69, 9.17) is 0 Å². The number of hydrogen-bond donors (Lipinski definition) is 1. The molecule has 0 saturated heterocycles. The Kier molecular flexibility index (Phi) is 3.75. The molecule has 4 nitrogen and oxygen atoms in total. The van der Waals surface area contributed by atoms with Gasteiger partial charge in [0.05, 0.1) is 23.3 Å². The van der Waals surface area contributed by atoms with E-state index in [1.807, 2.05) is 17.9 Å². The number of anilines is 1. The molecule has 0 amide bonds. The topological polar surface area (TPSA) is 42.7 Å². The Morgan fingerprint density at radius 2 is 2.00 bits per heavy atom. The minimum absolute atomic E-state index is 0.921. The van der Waals surface area contributed by atoms with Crippen LogP contribution in [0.3, 0.4) is 0 Å². The molecule has 3 aromatic rings. The van der Waals surface area contributed by atoms with Gasteiger partial charge in [0.1, 0.15) is 0 Å². The highest BCUT2D eigenvalue weighted by molar-refractivity contribution is 7.14. The molecule has 108 valence electrons. The molecule has 1 aromatic carbocycles. The van der Waals surface area contributed by atoms with E-state index >= 15 is 0 Å². The van der Waals surface area contributed by atoms with Crippen molar-refractivity contribution in [2.45, 2.75) is 20.3 Å². The molecule has 0 radical (unpaired) electrons. The summed E-state index contributed by atoms with van der Waals surface area (Å²) in [6, 6.07) is 8.53. The minimum Gasteiger partial charge on any atom is -0.365 e. The van der Waals surface area contributed by atoms with Gasteiger partial charge in [0.15, 0.2) is 5.13 Å². The Bertz CT molecular complexity index is 740. The third-order valence-electron chi connectivity index (χ3n) is 3.59. The third-order valence-corrected chi connectivity index (χ3v) is 4.45. The number of rotatable bonds is 4. The van der Waals surface area contributed by atoms with Crippen molar-refractivity contribution < 1.29 is 0 Å². The van der Waals surface area contributed by atoms with E-state index in [2.05, 4.69) is 58.9 Å². The number of thiazole rings is 1. The first-order valence-corrected chi connectivity index (χ1v) is 7.88. The van der Waals surface area contributed by atoms with Crippen LogP contribution < -0.4 is 5.32 Å². The second-order valence-electron chi connectivity index (χ2n) is 4.86. The Balaban J connectivity index is 1.97. The molecule has 1 N–H and O–H groups in total. The molecule has 0 fully saturated rings. The molecule has 0 aliphatic carbocycles. The molecule has 0 spiro atoms. The molecule has 0 bridgehead atoms. The van der Waals surface area contributed by atoms with Crippen LogP contribution in [0.4, 0.5) is 5.13 Å². The zero-order valence-corrected chi connectivity index (χ0v) is 13.2. The zero-order chi connectivity index (χ0) is 14.8. The van der Waals surface area contributed by atoms with E-state index in [1.54, 1.807) is 11.3 Å². The predicted molar refractivity (Wildman–Crippen MR) is 88.3 cm³/mol. The van der Waals surface area contributed by atoms with Gasteiger partial charge in [-0.1, -0.05) is 19.1 Å².